The minimum Gasteiger partial charge on any atom is -0.240 e. The molecule has 0 unspecified atom stereocenters. The van der Waals surface area contributed by atoms with E-state index in [-0.39, 0.29) is 0 Å². The van der Waals surface area contributed by atoms with Gasteiger partial charge in [-0.1, -0.05) is 47.1 Å². The van der Waals surface area contributed by atoms with Crippen LogP contribution in [-0.2, 0) is 5.75 Å². The van der Waals surface area contributed by atoms with Gasteiger partial charge < -0.3 is 0 Å². The first-order valence-electron chi connectivity index (χ1n) is 8.02. The number of aromatic nitrogens is 3. The van der Waals surface area contributed by atoms with Gasteiger partial charge in [0.25, 0.3) is 0 Å². The zero-order valence-electron chi connectivity index (χ0n) is 14.1. The Morgan fingerprint density at radius 1 is 1.04 bits per heavy atom. The van der Waals surface area contributed by atoms with Crippen LogP contribution in [0.4, 0.5) is 0 Å². The van der Waals surface area contributed by atoms with Gasteiger partial charge >= 0.3 is 0 Å². The van der Waals surface area contributed by atoms with E-state index in [2.05, 4.69) is 26.6 Å². The number of halogens is 2. The first-order chi connectivity index (χ1) is 13.1. The van der Waals surface area contributed by atoms with E-state index in [9.17, 15) is 0 Å². The van der Waals surface area contributed by atoms with Gasteiger partial charge in [-0.25, -0.2) is 4.98 Å². The number of rotatable bonds is 5. The summed E-state index contributed by atoms with van der Waals surface area (Å²) in [5.74, 6) is 0.757. The summed E-state index contributed by atoms with van der Waals surface area (Å²) in [6, 6.07) is 13.8. The highest BCUT2D eigenvalue weighted by Gasteiger charge is 2.13. The summed E-state index contributed by atoms with van der Waals surface area (Å²) in [7, 11) is 0. The minimum atomic E-state index is 0.566. The highest BCUT2D eigenvalue weighted by atomic mass is 35.5. The van der Waals surface area contributed by atoms with Crippen molar-refractivity contribution in [2.75, 3.05) is 0 Å². The van der Waals surface area contributed by atoms with Crippen LogP contribution in [0.1, 0.15) is 11.3 Å². The molecule has 0 bridgehead atoms. The minimum absolute atomic E-state index is 0.566. The normalized spacial score (nSPS) is 11.1. The van der Waals surface area contributed by atoms with Crippen LogP contribution >= 0.6 is 57.6 Å². The number of benzene rings is 1. The number of hydrogen-bond donors (Lipinski definition) is 0. The van der Waals surface area contributed by atoms with Crippen LogP contribution in [0.3, 0.4) is 0 Å². The van der Waals surface area contributed by atoms with Crippen molar-refractivity contribution in [1.82, 2.24) is 15.2 Å². The fourth-order valence-corrected chi connectivity index (χ4v) is 5.35. The topological polar surface area (TPSA) is 38.7 Å². The molecular formula is C19H13Cl2N3S3. The molecule has 0 aliphatic heterocycles. The maximum atomic E-state index is 6.06. The van der Waals surface area contributed by atoms with Crippen LogP contribution in [0, 0.1) is 6.92 Å². The standard InChI is InChI=1S/C19H13Cl2N3S3/c1-11-18(27-19(22-11)16-3-2-8-25-16)15-6-7-17(24-23-15)26-10-12-4-5-13(20)14(21)9-12/h2-9H,10H2,1H3. The van der Waals surface area contributed by atoms with Crippen LogP contribution in [0.25, 0.3) is 20.5 Å². The summed E-state index contributed by atoms with van der Waals surface area (Å²) >= 11 is 17.0. The Hall–Kier alpha value is -1.44. The summed E-state index contributed by atoms with van der Waals surface area (Å²) in [4.78, 5) is 6.91. The summed E-state index contributed by atoms with van der Waals surface area (Å²) in [6.45, 7) is 2.01. The molecule has 3 nitrogen and oxygen atoms in total. The van der Waals surface area contributed by atoms with Crippen molar-refractivity contribution in [1.29, 1.82) is 0 Å². The van der Waals surface area contributed by atoms with Crippen LogP contribution in [0.5, 0.6) is 0 Å². The van der Waals surface area contributed by atoms with Gasteiger partial charge in [0.05, 0.1) is 25.5 Å². The average molecular weight is 450 g/mol. The Balaban J connectivity index is 1.48. The number of thioether (sulfide) groups is 1. The lowest BCUT2D eigenvalue weighted by Gasteiger charge is -2.03. The highest BCUT2D eigenvalue weighted by molar-refractivity contribution is 7.98. The molecule has 0 atom stereocenters. The van der Waals surface area contributed by atoms with Gasteiger partial charge in [0.2, 0.25) is 0 Å². The Bertz CT molecular complexity index is 1060. The van der Waals surface area contributed by atoms with Crippen LogP contribution < -0.4 is 0 Å². The number of aryl methyl sites for hydroxylation is 1. The third kappa shape index (κ3) is 4.36. The maximum absolute atomic E-state index is 6.06. The van der Waals surface area contributed by atoms with Gasteiger partial charge in [-0.05, 0) is 48.2 Å². The van der Waals surface area contributed by atoms with E-state index in [1.165, 1.54) is 4.88 Å². The molecule has 0 aliphatic carbocycles. The number of thiazole rings is 1. The molecule has 1 aromatic carbocycles. The third-order valence-electron chi connectivity index (χ3n) is 3.77. The van der Waals surface area contributed by atoms with Crippen molar-refractivity contribution < 1.29 is 0 Å². The predicted octanol–water partition coefficient (Wildman–Crippen LogP) is 7.24. The van der Waals surface area contributed by atoms with Crippen LogP contribution in [0.15, 0.2) is 52.9 Å². The molecule has 4 aromatic rings. The lowest BCUT2D eigenvalue weighted by atomic mass is 10.2. The maximum Gasteiger partial charge on any atom is 0.134 e. The Morgan fingerprint density at radius 3 is 2.63 bits per heavy atom. The zero-order chi connectivity index (χ0) is 18.8. The lowest BCUT2D eigenvalue weighted by Crippen LogP contribution is -1.90. The summed E-state index contributed by atoms with van der Waals surface area (Å²) < 4.78 is 0. The summed E-state index contributed by atoms with van der Waals surface area (Å²) in [6.07, 6.45) is 0. The third-order valence-corrected chi connectivity index (χ3v) is 7.72. The van der Waals surface area contributed by atoms with E-state index >= 15 is 0 Å². The lowest BCUT2D eigenvalue weighted by molar-refractivity contribution is 0.936. The Kier molecular flexibility index (Phi) is 5.80. The second kappa shape index (κ2) is 8.29. The molecular weight excluding hydrogens is 437 g/mol. The SMILES string of the molecule is Cc1nc(-c2cccs2)sc1-c1ccc(SCc2ccc(Cl)c(Cl)c2)nn1. The largest absolute Gasteiger partial charge is 0.240 e. The Labute approximate surface area is 179 Å². The van der Waals surface area contributed by atoms with E-state index in [1.54, 1.807) is 34.4 Å². The molecule has 3 heterocycles. The summed E-state index contributed by atoms with van der Waals surface area (Å²) in [5.41, 5.74) is 2.93. The second-order valence-corrected chi connectivity index (χ2v) is 9.46. The Morgan fingerprint density at radius 2 is 1.93 bits per heavy atom. The molecule has 4 rings (SSSR count). The second-order valence-electron chi connectivity index (χ2n) is 5.70. The number of thiophene rings is 1. The molecule has 0 saturated carbocycles. The molecule has 3 aromatic heterocycles. The van der Waals surface area contributed by atoms with Crippen LogP contribution in [-0.4, -0.2) is 15.2 Å². The molecule has 0 saturated heterocycles. The van der Waals surface area contributed by atoms with Gasteiger partial charge in [-0.15, -0.1) is 32.9 Å². The first kappa shape index (κ1) is 18.9. The molecule has 0 fully saturated rings. The first-order valence-corrected chi connectivity index (χ1v) is 11.5. The summed E-state index contributed by atoms with van der Waals surface area (Å²) in [5, 5.41) is 13.8. The molecule has 0 N–H and O–H groups in total. The molecule has 0 radical (unpaired) electrons. The molecule has 136 valence electrons. The smallest absolute Gasteiger partial charge is 0.134 e. The predicted molar refractivity (Wildman–Crippen MR) is 117 cm³/mol. The van der Waals surface area contributed by atoms with E-state index in [4.69, 9.17) is 23.2 Å². The van der Waals surface area contributed by atoms with Crippen molar-refractivity contribution in [2.45, 2.75) is 17.7 Å². The van der Waals surface area contributed by atoms with Gasteiger partial charge in [0, 0.05) is 5.75 Å². The fourth-order valence-electron chi connectivity index (χ4n) is 2.44. The van der Waals surface area contributed by atoms with Crippen LogP contribution in [0.2, 0.25) is 10.0 Å². The van der Waals surface area contributed by atoms with Gasteiger partial charge in [0.15, 0.2) is 0 Å². The van der Waals surface area contributed by atoms with Crippen molar-refractivity contribution in [3.63, 3.8) is 0 Å². The van der Waals surface area contributed by atoms with Gasteiger partial charge in [-0.2, -0.15) is 0 Å². The van der Waals surface area contributed by atoms with Crippen molar-refractivity contribution in [3.8, 4) is 20.5 Å². The molecule has 27 heavy (non-hydrogen) atoms. The molecule has 0 spiro atoms. The highest BCUT2D eigenvalue weighted by Crippen LogP contribution is 2.36. The quantitative estimate of drug-likeness (QED) is 0.301. The molecule has 0 amide bonds. The number of hydrogen-bond acceptors (Lipinski definition) is 6. The zero-order valence-corrected chi connectivity index (χ0v) is 18.1. The average Bonchev–Trinajstić information content (AvgIpc) is 3.33. The fraction of sp³-hybridized carbons (Fsp3) is 0.105. The van der Waals surface area contributed by atoms with E-state index in [1.807, 2.05) is 43.3 Å². The number of nitrogens with zero attached hydrogens (tertiary/aromatic N) is 3. The van der Waals surface area contributed by atoms with Crippen molar-refractivity contribution in [3.05, 3.63) is 69.1 Å². The van der Waals surface area contributed by atoms with Crippen molar-refractivity contribution in [2.24, 2.45) is 0 Å². The van der Waals surface area contributed by atoms with Gasteiger partial charge in [-0.3, -0.25) is 0 Å². The van der Waals surface area contributed by atoms with Crippen molar-refractivity contribution >= 4 is 57.6 Å². The monoisotopic (exact) mass is 449 g/mol. The van der Waals surface area contributed by atoms with E-state index < -0.39 is 0 Å². The van der Waals surface area contributed by atoms with Gasteiger partial charge in [0.1, 0.15) is 15.7 Å². The molecule has 0 aliphatic rings. The van der Waals surface area contributed by atoms with E-state index in [0.717, 1.165) is 37.6 Å². The van der Waals surface area contributed by atoms with E-state index in [0.29, 0.717) is 10.0 Å². The molecule has 8 heteroatoms.